The van der Waals surface area contributed by atoms with E-state index in [-0.39, 0.29) is 11.5 Å². The van der Waals surface area contributed by atoms with Crippen LogP contribution in [0, 0.1) is 13.8 Å². The number of benzene rings is 3. The van der Waals surface area contributed by atoms with Gasteiger partial charge < -0.3 is 4.42 Å². The Morgan fingerprint density at radius 2 is 1.62 bits per heavy atom. The zero-order valence-electron chi connectivity index (χ0n) is 21.3. The van der Waals surface area contributed by atoms with Crippen LogP contribution in [0.5, 0.6) is 0 Å². The van der Waals surface area contributed by atoms with E-state index >= 15 is 0 Å². The van der Waals surface area contributed by atoms with E-state index in [1.54, 1.807) is 4.90 Å². The fourth-order valence-electron chi connectivity index (χ4n) is 4.25. The van der Waals surface area contributed by atoms with Crippen molar-refractivity contribution in [3.8, 4) is 0 Å². The van der Waals surface area contributed by atoms with Crippen molar-refractivity contribution in [2.45, 2.75) is 39.4 Å². The molecule has 6 heteroatoms. The quantitative estimate of drug-likeness (QED) is 0.211. The van der Waals surface area contributed by atoms with E-state index in [4.69, 9.17) is 9.41 Å². The van der Waals surface area contributed by atoms with E-state index in [1.165, 1.54) is 23.4 Å². The van der Waals surface area contributed by atoms with Gasteiger partial charge in [-0.1, -0.05) is 79.7 Å². The number of aliphatic imine (C=N–C) groups is 1. The molecule has 0 bridgehead atoms. The third-order valence-electron chi connectivity index (χ3n) is 6.37. The van der Waals surface area contributed by atoms with E-state index in [9.17, 15) is 9.59 Å². The Balaban J connectivity index is 1.50. The van der Waals surface area contributed by atoms with Crippen LogP contribution in [-0.4, -0.2) is 11.1 Å². The molecule has 0 saturated heterocycles. The first-order valence-corrected chi connectivity index (χ1v) is 13.2. The lowest BCUT2D eigenvalue weighted by Crippen LogP contribution is -2.30. The Morgan fingerprint density at radius 1 is 0.919 bits per heavy atom. The van der Waals surface area contributed by atoms with E-state index in [2.05, 4.69) is 26.0 Å². The van der Waals surface area contributed by atoms with Crippen LogP contribution in [0.3, 0.4) is 0 Å². The number of carbonyl (C=O) groups excluding carboxylic acids is 1. The van der Waals surface area contributed by atoms with Crippen molar-refractivity contribution in [3.05, 3.63) is 117 Å². The molecule has 186 valence electrons. The average Bonchev–Trinajstić information content (AvgIpc) is 3.17. The van der Waals surface area contributed by atoms with Crippen LogP contribution in [-0.2, 0) is 10.5 Å². The van der Waals surface area contributed by atoms with Crippen molar-refractivity contribution in [1.29, 1.82) is 0 Å². The Morgan fingerprint density at radius 3 is 2.32 bits per heavy atom. The van der Waals surface area contributed by atoms with Gasteiger partial charge in [0.15, 0.2) is 5.17 Å². The minimum absolute atomic E-state index is 0.174. The number of hydrogen-bond acceptors (Lipinski definition) is 5. The van der Waals surface area contributed by atoms with Gasteiger partial charge in [-0.2, -0.15) is 0 Å². The maximum Gasteiger partial charge on any atom is 0.336 e. The minimum atomic E-state index is -0.390. The first-order chi connectivity index (χ1) is 17.8. The van der Waals surface area contributed by atoms with Gasteiger partial charge >= 0.3 is 5.63 Å². The number of amides is 1. The van der Waals surface area contributed by atoms with Gasteiger partial charge in [0, 0.05) is 17.2 Å². The fraction of sp³-hybridized carbons (Fsp3) is 0.194. The summed E-state index contributed by atoms with van der Waals surface area (Å²) in [4.78, 5) is 32.2. The molecule has 0 fully saturated rings. The van der Waals surface area contributed by atoms with Gasteiger partial charge in [-0.15, -0.1) is 0 Å². The number of carbonyl (C=O) groups is 1. The van der Waals surface area contributed by atoms with Crippen molar-refractivity contribution in [3.63, 3.8) is 0 Å². The smallest absolute Gasteiger partial charge is 0.336 e. The second-order valence-corrected chi connectivity index (χ2v) is 10.5. The highest BCUT2D eigenvalue weighted by molar-refractivity contribution is 8.13. The molecule has 1 aliphatic rings. The molecule has 5 rings (SSSR count). The van der Waals surface area contributed by atoms with Gasteiger partial charge in [-0.25, -0.2) is 9.79 Å². The molecule has 37 heavy (non-hydrogen) atoms. The van der Waals surface area contributed by atoms with Gasteiger partial charge in [-0.3, -0.25) is 9.69 Å². The monoisotopic (exact) mass is 508 g/mol. The molecular weight excluding hydrogens is 480 g/mol. The van der Waals surface area contributed by atoms with Crippen LogP contribution in [0.15, 0.2) is 92.7 Å². The third kappa shape index (κ3) is 5.30. The van der Waals surface area contributed by atoms with Crippen LogP contribution >= 0.6 is 11.8 Å². The molecule has 1 amide bonds. The summed E-state index contributed by atoms with van der Waals surface area (Å²) in [6, 6.07) is 23.4. The average molecular weight is 509 g/mol. The highest BCUT2D eigenvalue weighted by atomic mass is 32.2. The SMILES string of the molecule is Cc1ccc(N2C(=O)/C(=C/c3ccc(C(C)C)cc3)N=C2SCc2cc(=O)oc3cc(C)ccc23)cc1. The van der Waals surface area contributed by atoms with E-state index in [0.29, 0.717) is 28.1 Å². The molecule has 2 heterocycles. The first-order valence-electron chi connectivity index (χ1n) is 12.3. The molecule has 0 N–H and O–H groups in total. The minimum Gasteiger partial charge on any atom is -0.423 e. The molecule has 0 radical (unpaired) electrons. The summed E-state index contributed by atoms with van der Waals surface area (Å²) >= 11 is 1.43. The van der Waals surface area contributed by atoms with Crippen LogP contribution in [0.4, 0.5) is 5.69 Å². The molecule has 0 unspecified atom stereocenters. The van der Waals surface area contributed by atoms with Crippen molar-refractivity contribution in [2.75, 3.05) is 4.90 Å². The lowest BCUT2D eigenvalue weighted by molar-refractivity contribution is -0.113. The van der Waals surface area contributed by atoms with E-state index < -0.39 is 0 Å². The fourth-order valence-corrected chi connectivity index (χ4v) is 5.25. The largest absolute Gasteiger partial charge is 0.423 e. The summed E-state index contributed by atoms with van der Waals surface area (Å²) in [6.45, 7) is 8.28. The van der Waals surface area contributed by atoms with Crippen LogP contribution < -0.4 is 10.5 Å². The highest BCUT2D eigenvalue weighted by Crippen LogP contribution is 2.32. The Hall–Kier alpha value is -3.90. The number of amidine groups is 1. The molecule has 0 saturated carbocycles. The number of nitrogens with zero attached hydrogens (tertiary/aromatic N) is 2. The number of anilines is 1. The number of aryl methyl sites for hydroxylation is 2. The number of thioether (sulfide) groups is 1. The lowest BCUT2D eigenvalue weighted by atomic mass is 10.0. The summed E-state index contributed by atoms with van der Waals surface area (Å²) in [7, 11) is 0. The number of rotatable bonds is 5. The van der Waals surface area contributed by atoms with E-state index in [0.717, 1.165) is 33.3 Å². The number of hydrogen-bond donors (Lipinski definition) is 0. The second-order valence-electron chi connectivity index (χ2n) is 9.60. The van der Waals surface area contributed by atoms with Gasteiger partial charge in [0.25, 0.3) is 5.91 Å². The molecule has 0 spiro atoms. The Kier molecular flexibility index (Phi) is 6.85. The van der Waals surface area contributed by atoms with Gasteiger partial charge in [-0.05, 0) is 66.3 Å². The molecule has 1 aliphatic heterocycles. The molecule has 0 atom stereocenters. The van der Waals surface area contributed by atoms with Crippen LogP contribution in [0.1, 0.15) is 47.6 Å². The standard InChI is InChI=1S/C31H28N2O3S/c1-19(2)23-10-8-22(9-11-23)16-27-30(35)33(25-12-5-20(3)6-13-25)31(32-27)37-18-24-17-29(34)36-28-15-21(4)7-14-26(24)28/h5-17,19H,18H2,1-4H3/b27-16-. The topological polar surface area (TPSA) is 62.9 Å². The zero-order chi connectivity index (χ0) is 26.1. The maximum atomic E-state index is 13.6. The highest BCUT2D eigenvalue weighted by Gasteiger charge is 2.32. The first kappa shape index (κ1) is 24.8. The summed E-state index contributed by atoms with van der Waals surface area (Å²) < 4.78 is 5.41. The molecule has 3 aromatic carbocycles. The molecule has 4 aromatic rings. The molecule has 1 aromatic heterocycles. The maximum absolute atomic E-state index is 13.6. The molecule has 0 aliphatic carbocycles. The van der Waals surface area contributed by atoms with Gasteiger partial charge in [0.2, 0.25) is 0 Å². The molecule has 5 nitrogen and oxygen atoms in total. The third-order valence-corrected chi connectivity index (χ3v) is 7.36. The predicted octanol–water partition coefficient (Wildman–Crippen LogP) is 7.21. The van der Waals surface area contributed by atoms with Crippen molar-refractivity contribution < 1.29 is 9.21 Å². The normalized spacial score (nSPS) is 14.7. The van der Waals surface area contributed by atoms with Crippen molar-refractivity contribution in [1.82, 2.24) is 0 Å². The molecular formula is C31H28N2O3S. The summed E-state index contributed by atoms with van der Waals surface area (Å²) in [5, 5.41) is 1.46. The van der Waals surface area contributed by atoms with Crippen LogP contribution in [0.25, 0.3) is 17.0 Å². The summed E-state index contributed by atoms with van der Waals surface area (Å²) in [5.74, 6) is 0.733. The Labute approximate surface area is 220 Å². The van der Waals surface area contributed by atoms with Gasteiger partial charge in [0.1, 0.15) is 11.3 Å². The van der Waals surface area contributed by atoms with Crippen LogP contribution in [0.2, 0.25) is 0 Å². The van der Waals surface area contributed by atoms with E-state index in [1.807, 2.05) is 74.5 Å². The van der Waals surface area contributed by atoms with Crippen molar-refractivity contribution >= 4 is 45.6 Å². The second kappa shape index (κ2) is 10.2. The lowest BCUT2D eigenvalue weighted by Gasteiger charge is -2.18. The zero-order valence-corrected chi connectivity index (χ0v) is 22.1. The summed E-state index contributed by atoms with van der Waals surface area (Å²) in [6.07, 6.45) is 1.83. The Bertz CT molecular complexity index is 1600. The van der Waals surface area contributed by atoms with Crippen molar-refractivity contribution in [2.24, 2.45) is 4.99 Å². The van der Waals surface area contributed by atoms with Gasteiger partial charge in [0.05, 0.1) is 5.69 Å². The predicted molar refractivity (Wildman–Crippen MR) is 153 cm³/mol. The number of fused-ring (bicyclic) bond motifs is 1. The summed E-state index contributed by atoms with van der Waals surface area (Å²) in [5.41, 5.74) is 6.46.